The Balaban J connectivity index is 2.07. The molecule has 1 aromatic heterocycles. The molecule has 0 aliphatic carbocycles. The van der Waals surface area contributed by atoms with E-state index < -0.39 is 17.9 Å². The van der Waals surface area contributed by atoms with Gasteiger partial charge in [-0.25, -0.2) is 0 Å². The number of Topliss-reactive ketones (excluding diaryl/α,β-unsaturated/α-hetero) is 1. The maximum absolute atomic E-state index is 12.3. The zero-order chi connectivity index (χ0) is 13.4. The van der Waals surface area contributed by atoms with Gasteiger partial charge >= 0.3 is 0 Å². The van der Waals surface area contributed by atoms with E-state index >= 15 is 0 Å². The maximum atomic E-state index is 12.3. The van der Waals surface area contributed by atoms with Crippen LogP contribution in [0.25, 0.3) is 0 Å². The molecule has 2 heterocycles. The van der Waals surface area contributed by atoms with Crippen molar-refractivity contribution in [3.8, 4) is 0 Å². The van der Waals surface area contributed by atoms with Crippen LogP contribution in [0, 0.1) is 0 Å². The molecule has 1 aromatic carbocycles. The minimum absolute atomic E-state index is 0.186. The summed E-state index contributed by atoms with van der Waals surface area (Å²) in [6.07, 6.45) is 0.00978. The number of nitrogens with zero attached hydrogens (tertiary/aromatic N) is 2. The number of aliphatic hydroxyl groups excluding tert-OH is 1. The minimum atomic E-state index is -1.48. The van der Waals surface area contributed by atoms with E-state index in [4.69, 9.17) is 0 Å². The molecule has 1 unspecified atom stereocenters. The summed E-state index contributed by atoms with van der Waals surface area (Å²) in [4.78, 5) is 29.2. The zero-order valence-electron chi connectivity index (χ0n) is 9.85. The molecule has 0 spiro atoms. The van der Waals surface area contributed by atoms with E-state index in [0.29, 0.717) is 11.3 Å². The van der Waals surface area contributed by atoms with Crippen molar-refractivity contribution in [1.82, 2.24) is 4.98 Å². The number of anilines is 1. The fraction of sp³-hybridized carbons (Fsp3) is 0.0714. The van der Waals surface area contributed by atoms with Crippen LogP contribution in [0.3, 0.4) is 0 Å². The van der Waals surface area contributed by atoms with E-state index in [1.165, 1.54) is 6.20 Å². The summed E-state index contributed by atoms with van der Waals surface area (Å²) in [7, 11) is 0. The van der Waals surface area contributed by atoms with Gasteiger partial charge in [0.05, 0.1) is 5.69 Å². The van der Waals surface area contributed by atoms with Crippen LogP contribution in [-0.2, 0) is 0 Å². The zero-order valence-corrected chi connectivity index (χ0v) is 9.85. The molecule has 3 rings (SSSR count). The quantitative estimate of drug-likeness (QED) is 0.831. The number of rotatable bonds is 1. The normalized spacial score (nSPS) is 17.4. The molecule has 1 amide bonds. The van der Waals surface area contributed by atoms with Crippen molar-refractivity contribution in [1.29, 1.82) is 0 Å². The SMILES string of the molecule is O=C1c2ccccc2N(C(=O)c2ccccn2)C1O. The third-order valence-electron chi connectivity index (χ3n) is 3.01. The van der Waals surface area contributed by atoms with Crippen LogP contribution in [0.2, 0.25) is 0 Å². The Labute approximate surface area is 109 Å². The molecule has 0 bridgehead atoms. The predicted octanol–water partition coefficient (Wildman–Crippen LogP) is 1.24. The lowest BCUT2D eigenvalue weighted by Gasteiger charge is -2.19. The van der Waals surface area contributed by atoms with Crippen LogP contribution in [0.4, 0.5) is 5.69 Å². The number of benzene rings is 1. The van der Waals surface area contributed by atoms with E-state index in [1.807, 2.05) is 0 Å². The molecular formula is C14H10N2O3. The summed E-state index contributed by atoms with van der Waals surface area (Å²) in [6, 6.07) is 11.5. The van der Waals surface area contributed by atoms with E-state index in [1.54, 1.807) is 42.5 Å². The summed E-state index contributed by atoms with van der Waals surface area (Å²) in [5, 5.41) is 9.94. The van der Waals surface area contributed by atoms with Gasteiger partial charge in [-0.2, -0.15) is 0 Å². The van der Waals surface area contributed by atoms with E-state index in [-0.39, 0.29) is 5.69 Å². The van der Waals surface area contributed by atoms with Crippen LogP contribution < -0.4 is 4.90 Å². The number of carbonyl (C=O) groups is 2. The van der Waals surface area contributed by atoms with Crippen molar-refractivity contribution in [3.05, 3.63) is 59.9 Å². The van der Waals surface area contributed by atoms with Crippen LogP contribution in [-0.4, -0.2) is 28.0 Å². The number of fused-ring (bicyclic) bond motifs is 1. The Hall–Kier alpha value is -2.53. The van der Waals surface area contributed by atoms with Crippen LogP contribution >= 0.6 is 0 Å². The van der Waals surface area contributed by atoms with Crippen molar-refractivity contribution < 1.29 is 14.7 Å². The third kappa shape index (κ3) is 1.71. The number of pyridine rings is 1. The van der Waals surface area contributed by atoms with Crippen molar-refractivity contribution in [3.63, 3.8) is 0 Å². The Morgan fingerprint density at radius 3 is 2.63 bits per heavy atom. The number of aliphatic hydroxyl groups is 1. The number of hydrogen-bond acceptors (Lipinski definition) is 4. The second-order valence-electron chi connectivity index (χ2n) is 4.15. The molecule has 1 atom stereocenters. The monoisotopic (exact) mass is 254 g/mol. The molecule has 1 aliphatic heterocycles. The second kappa shape index (κ2) is 4.29. The number of carbonyl (C=O) groups excluding carboxylic acids is 2. The number of para-hydroxylation sites is 1. The van der Waals surface area contributed by atoms with Gasteiger partial charge in [-0.05, 0) is 24.3 Å². The lowest BCUT2D eigenvalue weighted by atomic mass is 10.1. The molecule has 0 saturated heterocycles. The number of hydrogen-bond donors (Lipinski definition) is 1. The van der Waals surface area contributed by atoms with Gasteiger partial charge in [0.15, 0.2) is 6.23 Å². The Bertz CT molecular complexity index is 655. The lowest BCUT2D eigenvalue weighted by Crippen LogP contribution is -2.40. The topological polar surface area (TPSA) is 70.5 Å². The van der Waals surface area contributed by atoms with Crippen LogP contribution in [0.15, 0.2) is 48.7 Å². The molecule has 0 radical (unpaired) electrons. The van der Waals surface area contributed by atoms with Crippen molar-refractivity contribution >= 4 is 17.4 Å². The minimum Gasteiger partial charge on any atom is -0.366 e. The fourth-order valence-corrected chi connectivity index (χ4v) is 2.11. The average molecular weight is 254 g/mol. The highest BCUT2D eigenvalue weighted by Crippen LogP contribution is 2.31. The molecule has 1 aliphatic rings. The van der Waals surface area contributed by atoms with Gasteiger partial charge in [0.25, 0.3) is 5.91 Å². The first-order chi connectivity index (χ1) is 9.20. The van der Waals surface area contributed by atoms with Gasteiger partial charge in [-0.3, -0.25) is 19.5 Å². The third-order valence-corrected chi connectivity index (χ3v) is 3.01. The summed E-state index contributed by atoms with van der Waals surface area (Å²) in [6.45, 7) is 0. The van der Waals surface area contributed by atoms with Gasteiger partial charge in [-0.15, -0.1) is 0 Å². The highest BCUT2D eigenvalue weighted by molar-refractivity contribution is 6.19. The van der Waals surface area contributed by atoms with Gasteiger partial charge in [0, 0.05) is 11.8 Å². The average Bonchev–Trinajstić information content (AvgIpc) is 2.72. The summed E-state index contributed by atoms with van der Waals surface area (Å²) in [5.74, 6) is -0.966. The summed E-state index contributed by atoms with van der Waals surface area (Å²) in [5.41, 5.74) is 0.945. The molecule has 19 heavy (non-hydrogen) atoms. The van der Waals surface area contributed by atoms with Crippen molar-refractivity contribution in [2.45, 2.75) is 6.23 Å². The number of aromatic nitrogens is 1. The number of amides is 1. The first kappa shape index (κ1) is 11.6. The molecular weight excluding hydrogens is 244 g/mol. The summed E-state index contributed by atoms with van der Waals surface area (Å²) >= 11 is 0. The van der Waals surface area contributed by atoms with E-state index in [9.17, 15) is 14.7 Å². The lowest BCUT2D eigenvalue weighted by molar-refractivity contribution is 0.0716. The largest absolute Gasteiger partial charge is 0.366 e. The van der Waals surface area contributed by atoms with Crippen LogP contribution in [0.1, 0.15) is 20.8 Å². The highest BCUT2D eigenvalue weighted by atomic mass is 16.3. The van der Waals surface area contributed by atoms with Gasteiger partial charge in [0.2, 0.25) is 5.78 Å². The van der Waals surface area contributed by atoms with Crippen molar-refractivity contribution in [2.24, 2.45) is 0 Å². The standard InChI is InChI=1S/C14H10N2O3/c17-12-9-5-1-2-7-11(9)16(14(12)19)13(18)10-6-3-4-8-15-10/h1-8,14,19H. The fourth-order valence-electron chi connectivity index (χ4n) is 2.11. The van der Waals surface area contributed by atoms with Gasteiger partial charge < -0.3 is 5.11 Å². The first-order valence-corrected chi connectivity index (χ1v) is 5.76. The predicted molar refractivity (Wildman–Crippen MR) is 67.8 cm³/mol. The van der Waals surface area contributed by atoms with Gasteiger partial charge in [-0.1, -0.05) is 18.2 Å². The molecule has 2 aromatic rings. The van der Waals surface area contributed by atoms with Crippen LogP contribution in [0.5, 0.6) is 0 Å². The molecule has 5 nitrogen and oxygen atoms in total. The maximum Gasteiger partial charge on any atom is 0.279 e. The van der Waals surface area contributed by atoms with E-state index in [2.05, 4.69) is 4.98 Å². The molecule has 0 saturated carbocycles. The Morgan fingerprint density at radius 1 is 1.16 bits per heavy atom. The summed E-state index contributed by atoms with van der Waals surface area (Å²) < 4.78 is 0. The first-order valence-electron chi connectivity index (χ1n) is 5.76. The molecule has 94 valence electrons. The molecule has 0 fully saturated rings. The number of ketones is 1. The smallest absolute Gasteiger partial charge is 0.279 e. The highest BCUT2D eigenvalue weighted by Gasteiger charge is 2.39. The Morgan fingerprint density at radius 2 is 1.89 bits per heavy atom. The second-order valence-corrected chi connectivity index (χ2v) is 4.15. The Kier molecular flexibility index (Phi) is 2.61. The van der Waals surface area contributed by atoms with E-state index in [0.717, 1.165) is 4.90 Å². The van der Waals surface area contributed by atoms with Crippen molar-refractivity contribution in [2.75, 3.05) is 4.90 Å². The molecule has 5 heteroatoms. The van der Waals surface area contributed by atoms with Gasteiger partial charge in [0.1, 0.15) is 5.69 Å². The molecule has 1 N–H and O–H groups in total.